The normalized spacial score (nSPS) is 24.9. The van der Waals surface area contributed by atoms with Crippen molar-refractivity contribution in [3.63, 3.8) is 0 Å². The lowest BCUT2D eigenvalue weighted by Crippen LogP contribution is -2.16. The van der Waals surface area contributed by atoms with E-state index in [2.05, 4.69) is 0 Å². The van der Waals surface area contributed by atoms with Gasteiger partial charge < -0.3 is 9.47 Å². The lowest BCUT2D eigenvalue weighted by atomic mass is 10.0. The monoisotopic (exact) mass is 222 g/mol. The van der Waals surface area contributed by atoms with Crippen molar-refractivity contribution < 1.29 is 14.3 Å². The number of carbonyl (C=O) groups is 1. The summed E-state index contributed by atoms with van der Waals surface area (Å²) in [6.07, 6.45) is 8.24. The second-order valence-corrected chi connectivity index (χ2v) is 4.27. The lowest BCUT2D eigenvalue weighted by molar-refractivity contribution is -0.113. The molecule has 3 heteroatoms. The second-order valence-electron chi connectivity index (χ2n) is 4.27. The third kappa shape index (κ3) is 2.73. The minimum absolute atomic E-state index is 0.0818. The highest BCUT2D eigenvalue weighted by Crippen LogP contribution is 2.22. The van der Waals surface area contributed by atoms with E-state index >= 15 is 0 Å². The third-order valence-corrected chi connectivity index (χ3v) is 2.94. The molecule has 1 aliphatic carbocycles. The van der Waals surface area contributed by atoms with Crippen molar-refractivity contribution in [3.8, 4) is 0 Å². The number of ketones is 1. The zero-order valence-corrected chi connectivity index (χ0v) is 9.70. The van der Waals surface area contributed by atoms with Gasteiger partial charge in [0, 0.05) is 6.61 Å². The van der Waals surface area contributed by atoms with E-state index < -0.39 is 0 Å². The lowest BCUT2D eigenvalue weighted by Gasteiger charge is -2.17. The molecule has 1 fully saturated rings. The van der Waals surface area contributed by atoms with Gasteiger partial charge in [0.15, 0.2) is 5.78 Å². The van der Waals surface area contributed by atoms with E-state index in [0.29, 0.717) is 6.61 Å². The molecule has 1 aliphatic heterocycles. The first kappa shape index (κ1) is 11.4. The molecule has 0 bridgehead atoms. The molecule has 0 radical (unpaired) electrons. The summed E-state index contributed by atoms with van der Waals surface area (Å²) in [5.74, 6) is 0.826. The predicted octanol–water partition coefficient (Wildman–Crippen LogP) is 2.38. The van der Waals surface area contributed by atoms with Crippen molar-refractivity contribution in [1.82, 2.24) is 0 Å². The maximum Gasteiger partial charge on any atom is 0.163 e. The van der Waals surface area contributed by atoms with Crippen LogP contribution in [0.25, 0.3) is 0 Å². The molecule has 0 spiro atoms. The Hall–Kier alpha value is -1.09. The van der Waals surface area contributed by atoms with Gasteiger partial charge in [0.05, 0.1) is 11.7 Å². The van der Waals surface area contributed by atoms with E-state index in [1.807, 2.05) is 12.2 Å². The van der Waals surface area contributed by atoms with Gasteiger partial charge in [-0.1, -0.05) is 6.08 Å². The van der Waals surface area contributed by atoms with Crippen LogP contribution in [0, 0.1) is 0 Å². The number of ether oxygens (including phenoxy) is 2. The van der Waals surface area contributed by atoms with Gasteiger partial charge in [0.2, 0.25) is 0 Å². The molecule has 1 heterocycles. The topological polar surface area (TPSA) is 35.5 Å². The summed E-state index contributed by atoms with van der Waals surface area (Å²) in [4.78, 5) is 11.4. The quantitative estimate of drug-likeness (QED) is 0.732. The Morgan fingerprint density at radius 3 is 3.00 bits per heavy atom. The predicted molar refractivity (Wildman–Crippen MR) is 61.0 cm³/mol. The summed E-state index contributed by atoms with van der Waals surface area (Å²) >= 11 is 0. The molecular weight excluding hydrogens is 204 g/mol. The minimum atomic E-state index is 0.0818. The second kappa shape index (κ2) is 5.30. The Kier molecular flexibility index (Phi) is 3.78. The number of carbonyl (C=O) groups excluding carboxylic acids is 1. The SMILES string of the molecule is CC(=O)C1=CCCC=C1OCC1CCCO1. The van der Waals surface area contributed by atoms with E-state index in [-0.39, 0.29) is 11.9 Å². The summed E-state index contributed by atoms with van der Waals surface area (Å²) < 4.78 is 11.2. The standard InChI is InChI=1S/C13H18O3/c1-10(14)12-6-2-3-7-13(12)16-9-11-5-4-8-15-11/h6-7,11H,2-5,8-9H2,1H3. The van der Waals surface area contributed by atoms with Crippen LogP contribution in [-0.2, 0) is 14.3 Å². The molecule has 3 nitrogen and oxygen atoms in total. The van der Waals surface area contributed by atoms with Crippen LogP contribution in [0.15, 0.2) is 23.5 Å². The first-order valence-electron chi connectivity index (χ1n) is 5.93. The highest BCUT2D eigenvalue weighted by molar-refractivity contribution is 5.97. The average Bonchev–Trinajstić information content (AvgIpc) is 2.79. The molecule has 2 aliphatic rings. The van der Waals surface area contributed by atoms with Crippen LogP contribution >= 0.6 is 0 Å². The number of hydrogen-bond acceptors (Lipinski definition) is 3. The van der Waals surface area contributed by atoms with E-state index in [1.54, 1.807) is 6.92 Å². The van der Waals surface area contributed by atoms with Crippen molar-refractivity contribution in [2.75, 3.05) is 13.2 Å². The largest absolute Gasteiger partial charge is 0.490 e. The number of hydrogen-bond donors (Lipinski definition) is 0. The molecule has 16 heavy (non-hydrogen) atoms. The van der Waals surface area contributed by atoms with Gasteiger partial charge in [0.1, 0.15) is 12.4 Å². The van der Waals surface area contributed by atoms with Crippen molar-refractivity contribution in [2.45, 2.75) is 38.7 Å². The Morgan fingerprint density at radius 1 is 1.50 bits per heavy atom. The van der Waals surface area contributed by atoms with Crippen molar-refractivity contribution in [3.05, 3.63) is 23.5 Å². The smallest absolute Gasteiger partial charge is 0.163 e. The highest BCUT2D eigenvalue weighted by atomic mass is 16.5. The van der Waals surface area contributed by atoms with Gasteiger partial charge in [-0.05, 0) is 38.7 Å². The van der Waals surface area contributed by atoms with Crippen LogP contribution in [0.3, 0.4) is 0 Å². The molecule has 88 valence electrons. The molecule has 0 aromatic carbocycles. The summed E-state index contributed by atoms with van der Waals surface area (Å²) in [5.41, 5.74) is 0.726. The molecule has 0 amide bonds. The van der Waals surface area contributed by atoms with Gasteiger partial charge in [-0.3, -0.25) is 4.79 Å². The first-order chi connectivity index (χ1) is 7.77. The van der Waals surface area contributed by atoms with Gasteiger partial charge >= 0.3 is 0 Å². The van der Waals surface area contributed by atoms with Crippen molar-refractivity contribution >= 4 is 5.78 Å². The van der Waals surface area contributed by atoms with Crippen LogP contribution in [-0.4, -0.2) is 25.1 Å². The molecule has 2 rings (SSSR count). The van der Waals surface area contributed by atoms with Crippen LogP contribution in [0.1, 0.15) is 32.6 Å². The molecule has 0 aromatic rings. The first-order valence-corrected chi connectivity index (χ1v) is 5.93. The number of Topliss-reactive ketones (excluding diaryl/α,β-unsaturated/α-hetero) is 1. The highest BCUT2D eigenvalue weighted by Gasteiger charge is 2.19. The molecular formula is C13H18O3. The Balaban J connectivity index is 1.89. The molecule has 1 saturated heterocycles. The zero-order valence-electron chi connectivity index (χ0n) is 9.70. The van der Waals surface area contributed by atoms with Crippen LogP contribution < -0.4 is 0 Å². The molecule has 0 aromatic heterocycles. The maximum absolute atomic E-state index is 11.4. The third-order valence-electron chi connectivity index (χ3n) is 2.94. The maximum atomic E-state index is 11.4. The number of allylic oxidation sites excluding steroid dienone is 3. The van der Waals surface area contributed by atoms with Gasteiger partial charge in [0.25, 0.3) is 0 Å². The van der Waals surface area contributed by atoms with Crippen molar-refractivity contribution in [2.24, 2.45) is 0 Å². The van der Waals surface area contributed by atoms with Crippen LogP contribution in [0.5, 0.6) is 0 Å². The fourth-order valence-electron chi connectivity index (χ4n) is 2.07. The Bertz CT molecular complexity index is 322. The van der Waals surface area contributed by atoms with E-state index in [0.717, 1.165) is 43.6 Å². The fourth-order valence-corrected chi connectivity index (χ4v) is 2.07. The summed E-state index contributed by atoms with van der Waals surface area (Å²) in [6.45, 7) is 2.99. The van der Waals surface area contributed by atoms with Crippen molar-refractivity contribution in [1.29, 1.82) is 0 Å². The van der Waals surface area contributed by atoms with Gasteiger partial charge in [-0.25, -0.2) is 0 Å². The molecule has 1 unspecified atom stereocenters. The molecule has 0 saturated carbocycles. The Morgan fingerprint density at radius 2 is 2.31 bits per heavy atom. The Labute approximate surface area is 96.1 Å². The summed E-state index contributed by atoms with van der Waals surface area (Å²) in [6, 6.07) is 0. The van der Waals surface area contributed by atoms with Crippen LogP contribution in [0.4, 0.5) is 0 Å². The molecule has 0 N–H and O–H groups in total. The summed E-state index contributed by atoms with van der Waals surface area (Å²) in [7, 11) is 0. The van der Waals surface area contributed by atoms with E-state index in [9.17, 15) is 4.79 Å². The van der Waals surface area contributed by atoms with Crippen LogP contribution in [0.2, 0.25) is 0 Å². The fraction of sp³-hybridized carbons (Fsp3) is 0.615. The number of rotatable bonds is 4. The zero-order chi connectivity index (χ0) is 11.4. The minimum Gasteiger partial charge on any atom is -0.490 e. The summed E-state index contributed by atoms with van der Waals surface area (Å²) in [5, 5.41) is 0. The van der Waals surface area contributed by atoms with Gasteiger partial charge in [-0.15, -0.1) is 0 Å². The van der Waals surface area contributed by atoms with Gasteiger partial charge in [-0.2, -0.15) is 0 Å². The molecule has 1 atom stereocenters. The van der Waals surface area contributed by atoms with E-state index in [1.165, 1.54) is 0 Å². The van der Waals surface area contributed by atoms with E-state index in [4.69, 9.17) is 9.47 Å². The average molecular weight is 222 g/mol.